The first kappa shape index (κ1) is 20.1. The molecule has 0 saturated heterocycles. The van der Waals surface area contributed by atoms with Crippen molar-refractivity contribution >= 4 is 16.7 Å². The first-order valence-electron chi connectivity index (χ1n) is 10.2. The van der Waals surface area contributed by atoms with Crippen molar-refractivity contribution in [2.75, 3.05) is 7.11 Å². The molecule has 0 unspecified atom stereocenters. The van der Waals surface area contributed by atoms with Crippen LogP contribution in [0, 0.1) is 0 Å². The molecule has 2 atom stereocenters. The lowest BCUT2D eigenvalue weighted by Gasteiger charge is -2.38. The van der Waals surface area contributed by atoms with Crippen molar-refractivity contribution in [1.29, 1.82) is 0 Å². The van der Waals surface area contributed by atoms with Gasteiger partial charge in [-0.05, 0) is 44.4 Å². The van der Waals surface area contributed by atoms with E-state index in [0.717, 1.165) is 27.8 Å². The maximum Gasteiger partial charge on any atom is 0.261 e. The lowest BCUT2D eigenvalue weighted by atomic mass is 9.89. The number of ether oxygens (including phenoxy) is 3. The van der Waals surface area contributed by atoms with Gasteiger partial charge in [-0.1, -0.05) is 36.4 Å². The number of methoxy groups -OCH3 is 1. The molecule has 5 nitrogen and oxygen atoms in total. The van der Waals surface area contributed by atoms with Crippen molar-refractivity contribution in [2.45, 2.75) is 44.9 Å². The van der Waals surface area contributed by atoms with Crippen LogP contribution in [-0.4, -0.2) is 24.7 Å². The SMILES string of the molecule is COc1ccc2c(c1)OC(C)(C)C[C@H]2NC(=O)[C@@H](C)Oc1cccc2ccccc12. The van der Waals surface area contributed by atoms with Gasteiger partial charge in [0.2, 0.25) is 0 Å². The van der Waals surface area contributed by atoms with Gasteiger partial charge in [-0.15, -0.1) is 0 Å². The minimum absolute atomic E-state index is 0.160. The predicted molar refractivity (Wildman–Crippen MR) is 117 cm³/mol. The molecule has 1 aliphatic rings. The van der Waals surface area contributed by atoms with Crippen LogP contribution in [-0.2, 0) is 4.79 Å². The highest BCUT2D eigenvalue weighted by Crippen LogP contribution is 2.41. The number of hydrogen-bond donors (Lipinski definition) is 1. The molecule has 0 fully saturated rings. The van der Waals surface area contributed by atoms with Crippen LogP contribution in [0.15, 0.2) is 60.7 Å². The molecule has 4 rings (SSSR count). The van der Waals surface area contributed by atoms with E-state index < -0.39 is 11.7 Å². The molecular formula is C25H27NO4. The number of benzene rings is 3. The second-order valence-corrected chi connectivity index (χ2v) is 8.27. The quantitative estimate of drug-likeness (QED) is 0.647. The van der Waals surface area contributed by atoms with Crippen LogP contribution < -0.4 is 19.5 Å². The molecule has 5 heteroatoms. The van der Waals surface area contributed by atoms with E-state index in [1.165, 1.54) is 0 Å². The van der Waals surface area contributed by atoms with Crippen LogP contribution in [0.2, 0.25) is 0 Å². The molecule has 3 aromatic rings. The summed E-state index contributed by atoms with van der Waals surface area (Å²) in [4.78, 5) is 13.0. The number of fused-ring (bicyclic) bond motifs is 2. The molecule has 3 aromatic carbocycles. The lowest BCUT2D eigenvalue weighted by Crippen LogP contribution is -2.44. The van der Waals surface area contributed by atoms with Gasteiger partial charge in [-0.3, -0.25) is 4.79 Å². The van der Waals surface area contributed by atoms with Crippen molar-refractivity contribution in [1.82, 2.24) is 5.32 Å². The zero-order valence-corrected chi connectivity index (χ0v) is 17.8. The summed E-state index contributed by atoms with van der Waals surface area (Å²) in [5, 5.41) is 5.22. The van der Waals surface area contributed by atoms with Gasteiger partial charge in [0.25, 0.3) is 5.91 Å². The van der Waals surface area contributed by atoms with Crippen molar-refractivity contribution in [3.05, 3.63) is 66.2 Å². The minimum atomic E-state index is -0.636. The topological polar surface area (TPSA) is 56.8 Å². The third-order valence-corrected chi connectivity index (χ3v) is 5.42. The normalized spacial score (nSPS) is 18.1. The maximum absolute atomic E-state index is 13.0. The molecular weight excluding hydrogens is 378 g/mol. The van der Waals surface area contributed by atoms with E-state index >= 15 is 0 Å². The molecule has 0 saturated carbocycles. The van der Waals surface area contributed by atoms with Crippen LogP contribution in [0.5, 0.6) is 17.2 Å². The Bertz CT molecular complexity index is 1070. The molecule has 1 N–H and O–H groups in total. The first-order valence-corrected chi connectivity index (χ1v) is 10.2. The average Bonchev–Trinajstić information content (AvgIpc) is 2.72. The van der Waals surface area contributed by atoms with Gasteiger partial charge in [0.1, 0.15) is 22.8 Å². The molecule has 1 aliphatic heterocycles. The van der Waals surface area contributed by atoms with E-state index in [0.29, 0.717) is 12.2 Å². The zero-order valence-electron chi connectivity index (χ0n) is 17.8. The summed E-state index contributed by atoms with van der Waals surface area (Å²) < 4.78 is 17.5. The number of rotatable bonds is 5. The summed E-state index contributed by atoms with van der Waals surface area (Å²) in [6.45, 7) is 5.81. The molecule has 30 heavy (non-hydrogen) atoms. The van der Waals surface area contributed by atoms with Crippen LogP contribution >= 0.6 is 0 Å². The van der Waals surface area contributed by atoms with Gasteiger partial charge >= 0.3 is 0 Å². The fourth-order valence-corrected chi connectivity index (χ4v) is 3.92. The largest absolute Gasteiger partial charge is 0.497 e. The molecule has 0 aromatic heterocycles. The number of hydrogen-bond acceptors (Lipinski definition) is 4. The predicted octanol–water partition coefficient (Wildman–Crippen LogP) is 5.03. The summed E-state index contributed by atoms with van der Waals surface area (Å²) in [5.41, 5.74) is 0.540. The molecule has 0 spiro atoms. The molecule has 1 amide bonds. The van der Waals surface area contributed by atoms with Crippen molar-refractivity contribution in [3.8, 4) is 17.2 Å². The maximum atomic E-state index is 13.0. The second-order valence-electron chi connectivity index (χ2n) is 8.27. The van der Waals surface area contributed by atoms with Crippen LogP contribution in [0.25, 0.3) is 10.8 Å². The van der Waals surface area contributed by atoms with Crippen molar-refractivity contribution in [2.24, 2.45) is 0 Å². The monoisotopic (exact) mass is 405 g/mol. The van der Waals surface area contributed by atoms with Crippen molar-refractivity contribution < 1.29 is 19.0 Å². The fourth-order valence-electron chi connectivity index (χ4n) is 3.92. The van der Waals surface area contributed by atoms with E-state index in [-0.39, 0.29) is 11.9 Å². The molecule has 156 valence electrons. The number of nitrogens with one attached hydrogen (secondary N) is 1. The Morgan fingerprint density at radius 2 is 1.90 bits per heavy atom. The van der Waals surface area contributed by atoms with Gasteiger partial charge in [0.05, 0.1) is 13.2 Å². The highest BCUT2D eigenvalue weighted by Gasteiger charge is 2.35. The highest BCUT2D eigenvalue weighted by atomic mass is 16.5. The Labute approximate surface area is 177 Å². The summed E-state index contributed by atoms with van der Waals surface area (Å²) in [6.07, 6.45) is 0.0300. The Morgan fingerprint density at radius 1 is 1.13 bits per heavy atom. The third kappa shape index (κ3) is 4.06. The van der Waals surface area contributed by atoms with Gasteiger partial charge < -0.3 is 19.5 Å². The van der Waals surface area contributed by atoms with E-state index in [1.54, 1.807) is 14.0 Å². The smallest absolute Gasteiger partial charge is 0.261 e. The van der Waals surface area contributed by atoms with Gasteiger partial charge in [0.15, 0.2) is 6.10 Å². The van der Waals surface area contributed by atoms with Gasteiger partial charge in [0, 0.05) is 23.4 Å². The fraction of sp³-hybridized carbons (Fsp3) is 0.320. The summed E-state index contributed by atoms with van der Waals surface area (Å²) in [7, 11) is 1.63. The van der Waals surface area contributed by atoms with E-state index in [9.17, 15) is 4.79 Å². The first-order chi connectivity index (χ1) is 14.4. The molecule has 0 aliphatic carbocycles. The summed E-state index contributed by atoms with van der Waals surface area (Å²) >= 11 is 0. The number of amides is 1. The summed E-state index contributed by atoms with van der Waals surface area (Å²) in [6, 6.07) is 19.4. The standard InChI is InChI=1S/C25H27NO4/c1-16(29-22-11-7-9-17-8-5-6-10-19(17)22)24(27)26-21-15-25(2,3)30-23-14-18(28-4)12-13-20(21)23/h5-14,16,21H,15H2,1-4H3,(H,26,27)/t16-,21-/m1/s1. The average molecular weight is 405 g/mol. The van der Waals surface area contributed by atoms with E-state index in [1.807, 2.05) is 74.5 Å². The Morgan fingerprint density at radius 3 is 2.70 bits per heavy atom. The highest BCUT2D eigenvalue weighted by molar-refractivity contribution is 5.89. The third-order valence-electron chi connectivity index (χ3n) is 5.42. The lowest BCUT2D eigenvalue weighted by molar-refractivity contribution is -0.128. The van der Waals surface area contributed by atoms with E-state index in [4.69, 9.17) is 14.2 Å². The number of carbonyl (C=O) groups excluding carboxylic acids is 1. The van der Waals surface area contributed by atoms with Gasteiger partial charge in [-0.25, -0.2) is 0 Å². The molecule has 1 heterocycles. The second kappa shape index (κ2) is 7.90. The minimum Gasteiger partial charge on any atom is -0.497 e. The Kier molecular flexibility index (Phi) is 5.29. The Balaban J connectivity index is 1.53. The van der Waals surface area contributed by atoms with Crippen LogP contribution in [0.1, 0.15) is 38.8 Å². The van der Waals surface area contributed by atoms with Crippen LogP contribution in [0.3, 0.4) is 0 Å². The summed E-state index contributed by atoms with van der Waals surface area (Å²) in [5.74, 6) is 2.00. The zero-order chi connectivity index (χ0) is 21.3. The van der Waals surface area contributed by atoms with Crippen molar-refractivity contribution in [3.63, 3.8) is 0 Å². The molecule has 0 radical (unpaired) electrons. The number of carbonyl (C=O) groups is 1. The van der Waals surface area contributed by atoms with Gasteiger partial charge in [-0.2, -0.15) is 0 Å². The molecule has 0 bridgehead atoms. The van der Waals surface area contributed by atoms with E-state index in [2.05, 4.69) is 5.32 Å². The van der Waals surface area contributed by atoms with Crippen LogP contribution in [0.4, 0.5) is 0 Å². The Hall–Kier alpha value is -3.21.